The predicted octanol–water partition coefficient (Wildman–Crippen LogP) is 1.62. The van der Waals surface area contributed by atoms with E-state index >= 15 is 0 Å². The Morgan fingerprint density at radius 2 is 2.17 bits per heavy atom. The van der Waals surface area contributed by atoms with Gasteiger partial charge >= 0.3 is 0 Å². The molecule has 156 valence electrons. The highest BCUT2D eigenvalue weighted by molar-refractivity contribution is 7.07. The number of nitrogens with zero attached hydrogens (tertiary/aromatic N) is 7. The molecule has 0 saturated carbocycles. The molecule has 30 heavy (non-hydrogen) atoms. The molecule has 1 N–H and O–H groups in total. The molecule has 0 radical (unpaired) electrons. The summed E-state index contributed by atoms with van der Waals surface area (Å²) in [5.41, 5.74) is 3.14. The van der Waals surface area contributed by atoms with Gasteiger partial charge < -0.3 is 10.2 Å². The molecule has 9 nitrogen and oxygen atoms in total. The number of anilines is 1. The first-order chi connectivity index (χ1) is 14.7. The van der Waals surface area contributed by atoms with Crippen LogP contribution >= 0.6 is 11.3 Å². The largest absolute Gasteiger partial charge is 0.354 e. The number of hydrogen-bond donors (Lipinski definition) is 1. The molecule has 5 rings (SSSR count). The standard InChI is InChI=1S/C20H24N8OS/c1-14-11-27(26-25-14)8-7-21-18(29)20(9-15-12-30-13-24-15)10-16-3-4-17(20)28(16)19-22-5-2-6-23-19/h2,5-6,11-13,16-17H,3-4,7-10H2,1H3,(H,21,29)/t16-,17+,20+/m1/s1. The maximum atomic E-state index is 13.6. The summed E-state index contributed by atoms with van der Waals surface area (Å²) in [5.74, 6) is 0.802. The number of carbonyl (C=O) groups is 1. The van der Waals surface area contributed by atoms with E-state index in [1.165, 1.54) is 0 Å². The highest BCUT2D eigenvalue weighted by Gasteiger charge is 2.60. The van der Waals surface area contributed by atoms with Crippen molar-refractivity contribution in [2.75, 3.05) is 11.4 Å². The summed E-state index contributed by atoms with van der Waals surface area (Å²) >= 11 is 1.57. The molecule has 1 amide bonds. The first-order valence-corrected chi connectivity index (χ1v) is 11.2. The van der Waals surface area contributed by atoms with E-state index in [1.54, 1.807) is 28.4 Å². The van der Waals surface area contributed by atoms with Crippen molar-refractivity contribution in [1.82, 2.24) is 35.3 Å². The van der Waals surface area contributed by atoms with Crippen molar-refractivity contribution in [2.45, 2.75) is 51.2 Å². The lowest BCUT2D eigenvalue weighted by Crippen LogP contribution is -2.51. The summed E-state index contributed by atoms with van der Waals surface area (Å²) in [6.07, 6.45) is 8.86. The van der Waals surface area contributed by atoms with E-state index in [-0.39, 0.29) is 18.0 Å². The predicted molar refractivity (Wildman–Crippen MR) is 112 cm³/mol. The highest BCUT2D eigenvalue weighted by Crippen LogP contribution is 2.52. The minimum Gasteiger partial charge on any atom is -0.354 e. The Labute approximate surface area is 178 Å². The first-order valence-electron chi connectivity index (χ1n) is 10.2. The minimum absolute atomic E-state index is 0.0696. The Morgan fingerprint density at radius 3 is 2.90 bits per heavy atom. The molecule has 3 atom stereocenters. The third-order valence-electron chi connectivity index (χ3n) is 6.24. The van der Waals surface area contributed by atoms with Gasteiger partial charge in [0.05, 0.1) is 28.9 Å². The van der Waals surface area contributed by atoms with E-state index in [4.69, 9.17) is 0 Å². The molecular formula is C20H24N8OS. The van der Waals surface area contributed by atoms with Gasteiger partial charge in [0.2, 0.25) is 11.9 Å². The number of thiazole rings is 1. The lowest BCUT2D eigenvalue weighted by Gasteiger charge is -2.35. The molecule has 0 aliphatic carbocycles. The molecule has 2 aliphatic heterocycles. The number of rotatable bonds is 7. The first kappa shape index (κ1) is 19.1. The summed E-state index contributed by atoms with van der Waals surface area (Å²) in [5, 5.41) is 13.3. The zero-order valence-corrected chi connectivity index (χ0v) is 17.6. The molecule has 5 heterocycles. The van der Waals surface area contributed by atoms with Crippen molar-refractivity contribution < 1.29 is 4.79 Å². The van der Waals surface area contributed by atoms with Crippen molar-refractivity contribution in [2.24, 2.45) is 5.41 Å². The van der Waals surface area contributed by atoms with Crippen LogP contribution in [0.1, 0.15) is 30.7 Å². The van der Waals surface area contributed by atoms with Crippen molar-refractivity contribution in [1.29, 1.82) is 0 Å². The van der Waals surface area contributed by atoms with Crippen molar-refractivity contribution in [3.8, 4) is 0 Å². The van der Waals surface area contributed by atoms with E-state index in [0.29, 0.717) is 19.5 Å². The van der Waals surface area contributed by atoms with Crippen LogP contribution in [-0.2, 0) is 17.8 Å². The number of fused-ring (bicyclic) bond motifs is 2. The second-order valence-corrected chi connectivity index (χ2v) is 8.82. The molecule has 10 heteroatoms. The number of aryl methyl sites for hydroxylation is 1. The number of carbonyl (C=O) groups excluding carboxylic acids is 1. The average Bonchev–Trinajstić information content (AvgIpc) is 3.54. The lowest BCUT2D eigenvalue weighted by atomic mass is 9.70. The van der Waals surface area contributed by atoms with Gasteiger partial charge in [-0.05, 0) is 32.3 Å². The Balaban J connectivity index is 1.38. The lowest BCUT2D eigenvalue weighted by molar-refractivity contribution is -0.132. The van der Waals surface area contributed by atoms with Crippen LogP contribution in [0.25, 0.3) is 0 Å². The molecule has 0 spiro atoms. The third-order valence-corrected chi connectivity index (χ3v) is 6.87. The van der Waals surface area contributed by atoms with Gasteiger partial charge in [-0.25, -0.2) is 15.0 Å². The quantitative estimate of drug-likeness (QED) is 0.615. The fourth-order valence-corrected chi connectivity index (χ4v) is 5.59. The smallest absolute Gasteiger partial charge is 0.228 e. The fourth-order valence-electron chi connectivity index (χ4n) is 5.04. The summed E-state index contributed by atoms with van der Waals surface area (Å²) in [6, 6.07) is 2.17. The third kappa shape index (κ3) is 3.34. The normalized spacial score (nSPS) is 25.0. The molecule has 0 unspecified atom stereocenters. The molecule has 2 fully saturated rings. The van der Waals surface area contributed by atoms with Gasteiger partial charge in [0, 0.05) is 49.0 Å². The molecule has 3 aromatic heterocycles. The van der Waals surface area contributed by atoms with Crippen LogP contribution < -0.4 is 10.2 Å². The summed E-state index contributed by atoms with van der Waals surface area (Å²) in [7, 11) is 0. The van der Waals surface area contributed by atoms with Gasteiger partial charge in [-0.2, -0.15) is 0 Å². The number of aromatic nitrogens is 6. The zero-order valence-electron chi connectivity index (χ0n) is 16.8. The van der Waals surface area contributed by atoms with Gasteiger partial charge in [0.25, 0.3) is 0 Å². The maximum Gasteiger partial charge on any atom is 0.228 e. The topological polar surface area (TPSA) is 102 Å². The zero-order chi connectivity index (χ0) is 20.6. The van der Waals surface area contributed by atoms with Crippen LogP contribution in [0.15, 0.2) is 35.5 Å². The fraction of sp³-hybridized carbons (Fsp3) is 0.500. The maximum absolute atomic E-state index is 13.6. The van der Waals surface area contributed by atoms with Crippen molar-refractivity contribution in [3.05, 3.63) is 46.9 Å². The van der Waals surface area contributed by atoms with Gasteiger partial charge in [-0.15, -0.1) is 16.4 Å². The molecule has 2 bridgehead atoms. The van der Waals surface area contributed by atoms with Crippen LogP contribution in [0.2, 0.25) is 0 Å². The Bertz CT molecular complexity index is 1010. The number of hydrogen-bond acceptors (Lipinski definition) is 8. The second-order valence-electron chi connectivity index (χ2n) is 8.10. The molecule has 2 aliphatic rings. The van der Waals surface area contributed by atoms with Crippen LogP contribution in [-0.4, -0.2) is 54.5 Å². The molecule has 2 saturated heterocycles. The molecule has 0 aromatic carbocycles. The van der Waals surface area contributed by atoms with Crippen LogP contribution in [0.3, 0.4) is 0 Å². The van der Waals surface area contributed by atoms with E-state index < -0.39 is 5.41 Å². The average molecular weight is 425 g/mol. The molecular weight excluding hydrogens is 400 g/mol. The number of nitrogens with one attached hydrogen (secondary N) is 1. The van der Waals surface area contributed by atoms with Crippen LogP contribution in [0.4, 0.5) is 5.95 Å². The Morgan fingerprint density at radius 1 is 1.30 bits per heavy atom. The summed E-state index contributed by atoms with van der Waals surface area (Å²) < 4.78 is 1.76. The van der Waals surface area contributed by atoms with Gasteiger partial charge in [-0.3, -0.25) is 9.48 Å². The number of amides is 1. The summed E-state index contributed by atoms with van der Waals surface area (Å²) in [6.45, 7) is 3.01. The van der Waals surface area contributed by atoms with Gasteiger partial charge in [0.15, 0.2) is 0 Å². The summed E-state index contributed by atoms with van der Waals surface area (Å²) in [4.78, 5) is 29.3. The monoisotopic (exact) mass is 424 g/mol. The highest BCUT2D eigenvalue weighted by atomic mass is 32.1. The van der Waals surface area contributed by atoms with Crippen LogP contribution in [0, 0.1) is 12.3 Å². The molecule has 3 aromatic rings. The van der Waals surface area contributed by atoms with Crippen LogP contribution in [0.5, 0.6) is 0 Å². The second kappa shape index (κ2) is 7.75. The van der Waals surface area contributed by atoms with Gasteiger partial charge in [0.1, 0.15) is 0 Å². The van der Waals surface area contributed by atoms with Gasteiger partial charge in [-0.1, -0.05) is 5.21 Å². The van der Waals surface area contributed by atoms with E-state index in [9.17, 15) is 4.79 Å². The SMILES string of the molecule is Cc1cn(CCNC(=O)[C@@]2(Cc3cscn3)C[C@H]3CC[C@@H]2N3c2ncccn2)nn1. The van der Waals surface area contributed by atoms with Crippen molar-refractivity contribution in [3.63, 3.8) is 0 Å². The van der Waals surface area contributed by atoms with E-state index in [1.807, 2.05) is 30.1 Å². The van der Waals surface area contributed by atoms with E-state index in [0.717, 1.165) is 36.6 Å². The Kier molecular flexibility index (Phi) is 4.93. The van der Waals surface area contributed by atoms with Crippen molar-refractivity contribution >= 4 is 23.2 Å². The van der Waals surface area contributed by atoms with E-state index in [2.05, 4.69) is 35.5 Å². The Hall–Kier alpha value is -2.88. The minimum atomic E-state index is -0.533.